The highest BCUT2D eigenvalue weighted by molar-refractivity contribution is 9.10. The molecule has 1 atom stereocenters. The van der Waals surface area contributed by atoms with Crippen molar-refractivity contribution < 1.29 is 29.0 Å². The molecule has 2 heterocycles. The maximum absolute atomic E-state index is 12.3. The first-order chi connectivity index (χ1) is 14.8. The SMILES string of the molecule is COc1cc(C2NC(=O)NC(C)=C2C(=O)O)cc(Br)c1OC(=O)C=Cc1ccncc1. The molecule has 0 fully saturated rings. The van der Waals surface area contributed by atoms with Gasteiger partial charge in [-0.1, -0.05) is 0 Å². The van der Waals surface area contributed by atoms with Gasteiger partial charge in [0.25, 0.3) is 0 Å². The number of carboxylic acid groups (broad SMARTS) is 1. The topological polar surface area (TPSA) is 127 Å². The second-order valence-electron chi connectivity index (χ2n) is 6.44. The molecule has 3 rings (SSSR count). The van der Waals surface area contributed by atoms with Gasteiger partial charge in [0.2, 0.25) is 0 Å². The zero-order chi connectivity index (χ0) is 22.5. The number of allylic oxidation sites excluding steroid dienone is 1. The smallest absolute Gasteiger partial charge is 0.336 e. The van der Waals surface area contributed by atoms with Crippen molar-refractivity contribution in [2.45, 2.75) is 13.0 Å². The van der Waals surface area contributed by atoms with Crippen molar-refractivity contribution in [3.05, 3.63) is 69.6 Å². The predicted octanol–water partition coefficient (Wildman–Crippen LogP) is 3.18. The lowest BCUT2D eigenvalue weighted by Crippen LogP contribution is -2.45. The van der Waals surface area contributed by atoms with E-state index in [2.05, 4.69) is 31.5 Å². The van der Waals surface area contributed by atoms with E-state index in [1.54, 1.807) is 36.7 Å². The number of carboxylic acids is 1. The third kappa shape index (κ3) is 5.10. The second kappa shape index (κ2) is 9.43. The summed E-state index contributed by atoms with van der Waals surface area (Å²) in [4.78, 5) is 39.8. The van der Waals surface area contributed by atoms with Gasteiger partial charge in [-0.2, -0.15) is 0 Å². The third-order valence-electron chi connectivity index (χ3n) is 4.41. The molecule has 1 aliphatic heterocycles. The summed E-state index contributed by atoms with van der Waals surface area (Å²) in [5.74, 6) is -1.51. The van der Waals surface area contributed by atoms with Gasteiger partial charge in [0.05, 0.1) is 23.2 Å². The van der Waals surface area contributed by atoms with Crippen LogP contribution in [0.2, 0.25) is 0 Å². The minimum Gasteiger partial charge on any atom is -0.493 e. The number of nitrogens with zero attached hydrogens (tertiary/aromatic N) is 1. The van der Waals surface area contributed by atoms with Crippen LogP contribution in [-0.4, -0.2) is 35.2 Å². The summed E-state index contributed by atoms with van der Waals surface area (Å²) < 4.78 is 11.1. The zero-order valence-electron chi connectivity index (χ0n) is 16.5. The Balaban J connectivity index is 1.90. The Labute approximate surface area is 185 Å². The van der Waals surface area contributed by atoms with Crippen LogP contribution in [0.4, 0.5) is 4.79 Å². The van der Waals surface area contributed by atoms with E-state index in [-0.39, 0.29) is 22.8 Å². The van der Waals surface area contributed by atoms with Crippen molar-refractivity contribution in [2.75, 3.05) is 7.11 Å². The number of aliphatic carboxylic acids is 1. The van der Waals surface area contributed by atoms with E-state index in [9.17, 15) is 19.5 Å². The number of halogens is 1. The highest BCUT2D eigenvalue weighted by Crippen LogP contribution is 2.40. The van der Waals surface area contributed by atoms with Crippen LogP contribution in [-0.2, 0) is 9.59 Å². The first-order valence-electron chi connectivity index (χ1n) is 8.99. The molecule has 3 N–H and O–H groups in total. The number of carbonyl (C=O) groups excluding carboxylic acids is 2. The summed E-state index contributed by atoms with van der Waals surface area (Å²) in [6.07, 6.45) is 6.04. The molecule has 2 amide bonds. The highest BCUT2D eigenvalue weighted by atomic mass is 79.9. The number of nitrogens with one attached hydrogen (secondary N) is 2. The van der Waals surface area contributed by atoms with Crippen molar-refractivity contribution in [3.8, 4) is 11.5 Å². The number of amides is 2. The summed E-state index contributed by atoms with van der Waals surface area (Å²) in [5, 5.41) is 14.6. The largest absolute Gasteiger partial charge is 0.493 e. The molecule has 10 heteroatoms. The number of benzene rings is 1. The van der Waals surface area contributed by atoms with Gasteiger partial charge in [0.15, 0.2) is 11.5 Å². The molecule has 0 bridgehead atoms. The van der Waals surface area contributed by atoms with Crippen LogP contribution in [0.5, 0.6) is 11.5 Å². The Bertz CT molecular complexity index is 1100. The number of pyridine rings is 1. The summed E-state index contributed by atoms with van der Waals surface area (Å²) in [6, 6.07) is 5.08. The molecule has 0 aliphatic carbocycles. The molecule has 160 valence electrons. The number of esters is 1. The van der Waals surface area contributed by atoms with Gasteiger partial charge in [-0.05, 0) is 64.3 Å². The number of hydrogen-bond donors (Lipinski definition) is 3. The monoisotopic (exact) mass is 487 g/mol. The van der Waals surface area contributed by atoms with E-state index in [1.807, 2.05) is 0 Å². The minimum absolute atomic E-state index is 0.0152. The van der Waals surface area contributed by atoms with Crippen molar-refractivity contribution >= 4 is 40.0 Å². The summed E-state index contributed by atoms with van der Waals surface area (Å²) >= 11 is 3.34. The Hall–Kier alpha value is -3.66. The van der Waals surface area contributed by atoms with Gasteiger partial charge in [0.1, 0.15) is 0 Å². The average molecular weight is 488 g/mol. The predicted molar refractivity (Wildman–Crippen MR) is 114 cm³/mol. The molecule has 1 aromatic carbocycles. The lowest BCUT2D eigenvalue weighted by atomic mass is 9.95. The normalized spacial score (nSPS) is 16.0. The maximum Gasteiger partial charge on any atom is 0.336 e. The van der Waals surface area contributed by atoms with Crippen LogP contribution in [0.15, 0.2) is 58.5 Å². The molecular weight excluding hydrogens is 470 g/mol. The van der Waals surface area contributed by atoms with Crippen LogP contribution in [0.25, 0.3) is 6.08 Å². The number of ether oxygens (including phenoxy) is 2. The van der Waals surface area contributed by atoms with E-state index in [0.29, 0.717) is 10.0 Å². The molecule has 1 unspecified atom stereocenters. The number of aromatic nitrogens is 1. The molecule has 31 heavy (non-hydrogen) atoms. The quantitative estimate of drug-likeness (QED) is 0.324. The fraction of sp³-hybridized carbons (Fsp3) is 0.143. The lowest BCUT2D eigenvalue weighted by Gasteiger charge is -2.27. The maximum atomic E-state index is 12.3. The Kier molecular flexibility index (Phi) is 6.71. The van der Waals surface area contributed by atoms with E-state index in [4.69, 9.17) is 9.47 Å². The number of rotatable bonds is 6. The van der Waals surface area contributed by atoms with Crippen molar-refractivity contribution in [2.24, 2.45) is 0 Å². The molecular formula is C21H18BrN3O6. The zero-order valence-corrected chi connectivity index (χ0v) is 18.1. The van der Waals surface area contributed by atoms with Crippen LogP contribution < -0.4 is 20.1 Å². The van der Waals surface area contributed by atoms with E-state index < -0.39 is 24.0 Å². The summed E-state index contributed by atoms with van der Waals surface area (Å²) in [6.45, 7) is 1.51. The van der Waals surface area contributed by atoms with Crippen LogP contribution >= 0.6 is 15.9 Å². The van der Waals surface area contributed by atoms with Gasteiger partial charge in [-0.3, -0.25) is 4.98 Å². The van der Waals surface area contributed by atoms with E-state index >= 15 is 0 Å². The Morgan fingerprint density at radius 2 is 1.97 bits per heavy atom. The van der Waals surface area contributed by atoms with Gasteiger partial charge >= 0.3 is 18.0 Å². The molecule has 9 nitrogen and oxygen atoms in total. The summed E-state index contributed by atoms with van der Waals surface area (Å²) in [5.41, 5.74) is 1.42. The Morgan fingerprint density at radius 1 is 1.26 bits per heavy atom. The molecule has 0 saturated carbocycles. The molecule has 0 spiro atoms. The molecule has 0 saturated heterocycles. The van der Waals surface area contributed by atoms with Crippen molar-refractivity contribution in [1.29, 1.82) is 0 Å². The van der Waals surface area contributed by atoms with Gasteiger partial charge in [-0.25, -0.2) is 14.4 Å². The first-order valence-corrected chi connectivity index (χ1v) is 9.78. The van der Waals surface area contributed by atoms with Gasteiger partial charge in [-0.15, -0.1) is 0 Å². The molecule has 1 aromatic heterocycles. The van der Waals surface area contributed by atoms with Crippen LogP contribution in [0.1, 0.15) is 24.1 Å². The second-order valence-corrected chi connectivity index (χ2v) is 7.30. The standard InChI is InChI=1S/C21H18BrN3O6/c1-11-17(20(27)28)18(25-21(29)24-11)13-9-14(22)19(15(10-13)30-2)31-16(26)4-3-12-5-7-23-8-6-12/h3-10,18H,1-2H3,(H,27,28)(H2,24,25,29). The molecule has 0 radical (unpaired) electrons. The average Bonchev–Trinajstić information content (AvgIpc) is 2.73. The lowest BCUT2D eigenvalue weighted by molar-refractivity contribution is -0.133. The number of carbonyl (C=O) groups is 3. The van der Waals surface area contributed by atoms with E-state index in [0.717, 1.165) is 5.56 Å². The highest BCUT2D eigenvalue weighted by Gasteiger charge is 2.32. The van der Waals surface area contributed by atoms with Gasteiger partial charge < -0.3 is 25.2 Å². The molecule has 1 aliphatic rings. The van der Waals surface area contributed by atoms with Crippen molar-refractivity contribution in [1.82, 2.24) is 15.6 Å². The van der Waals surface area contributed by atoms with Crippen molar-refractivity contribution in [3.63, 3.8) is 0 Å². The fourth-order valence-electron chi connectivity index (χ4n) is 3.01. The van der Waals surface area contributed by atoms with Gasteiger partial charge in [0, 0.05) is 24.2 Å². The van der Waals surface area contributed by atoms with Crippen LogP contribution in [0.3, 0.4) is 0 Å². The number of hydrogen-bond acceptors (Lipinski definition) is 6. The summed E-state index contributed by atoms with van der Waals surface area (Å²) in [7, 11) is 1.38. The third-order valence-corrected chi connectivity index (χ3v) is 4.99. The molecule has 2 aromatic rings. The first kappa shape index (κ1) is 22.0. The fourth-order valence-corrected chi connectivity index (χ4v) is 3.55. The number of methoxy groups -OCH3 is 1. The van der Waals surface area contributed by atoms with Crippen LogP contribution in [0, 0.1) is 0 Å². The minimum atomic E-state index is -1.18. The van der Waals surface area contributed by atoms with E-state index in [1.165, 1.54) is 26.2 Å². The number of urea groups is 1. The Morgan fingerprint density at radius 3 is 2.61 bits per heavy atom.